The summed E-state index contributed by atoms with van der Waals surface area (Å²) in [6.45, 7) is 0. The zero-order valence-corrected chi connectivity index (χ0v) is 15.8. The van der Waals surface area contributed by atoms with E-state index in [1.807, 2.05) is 18.2 Å². The molecule has 3 nitrogen and oxygen atoms in total. The van der Waals surface area contributed by atoms with E-state index in [-0.39, 0.29) is 9.79 Å². The Balaban J connectivity index is 2.12. The smallest absolute Gasteiger partial charge is 0.206 e. The van der Waals surface area contributed by atoms with Gasteiger partial charge in [-0.15, -0.1) is 0 Å². The van der Waals surface area contributed by atoms with Gasteiger partial charge < -0.3 is 0 Å². The maximum atomic E-state index is 12.8. The van der Waals surface area contributed by atoms with Crippen molar-refractivity contribution in [2.75, 3.05) is 0 Å². The van der Waals surface area contributed by atoms with Crippen molar-refractivity contribution in [3.8, 4) is 11.3 Å². The molecule has 3 rings (SSSR count). The number of benzene rings is 2. The van der Waals surface area contributed by atoms with Gasteiger partial charge in [-0.2, -0.15) is 0 Å². The maximum Gasteiger partial charge on any atom is 0.206 e. The summed E-state index contributed by atoms with van der Waals surface area (Å²) in [5, 5.41) is 0. The molecule has 2 aromatic carbocycles. The second-order valence-corrected chi connectivity index (χ2v) is 8.53. The molecular weight excluding hydrogens is 442 g/mol. The van der Waals surface area contributed by atoms with Crippen molar-refractivity contribution in [2.24, 2.45) is 0 Å². The van der Waals surface area contributed by atoms with Crippen molar-refractivity contribution < 1.29 is 8.42 Å². The summed E-state index contributed by atoms with van der Waals surface area (Å²) in [5.74, 6) is 0. The molecule has 0 aliphatic heterocycles. The van der Waals surface area contributed by atoms with Crippen LogP contribution < -0.4 is 0 Å². The van der Waals surface area contributed by atoms with Gasteiger partial charge in [0, 0.05) is 20.7 Å². The molecule has 0 unspecified atom stereocenters. The number of sulfone groups is 1. The molecule has 0 radical (unpaired) electrons. The minimum atomic E-state index is -3.57. The molecule has 1 heterocycles. The monoisotopic (exact) mass is 451 g/mol. The zero-order valence-electron chi connectivity index (χ0n) is 11.8. The summed E-state index contributed by atoms with van der Waals surface area (Å²) in [6.07, 6.45) is 1.68. The molecule has 0 saturated heterocycles. The second kappa shape index (κ2) is 6.55. The van der Waals surface area contributed by atoms with E-state index < -0.39 is 9.84 Å². The third kappa shape index (κ3) is 3.39. The van der Waals surface area contributed by atoms with Crippen LogP contribution in [0, 0.1) is 0 Å². The molecule has 0 amide bonds. The quantitative estimate of drug-likeness (QED) is 0.554. The van der Waals surface area contributed by atoms with Crippen molar-refractivity contribution in [3.05, 3.63) is 75.8 Å². The fraction of sp³-hybridized carbons (Fsp3) is 0. The average Bonchev–Trinajstić information content (AvgIpc) is 2.56. The lowest BCUT2D eigenvalue weighted by atomic mass is 10.1. The Hall–Kier alpha value is -1.50. The van der Waals surface area contributed by atoms with Crippen molar-refractivity contribution in [2.45, 2.75) is 9.79 Å². The number of aromatic nitrogens is 1. The summed E-state index contributed by atoms with van der Waals surface area (Å²) in [5.41, 5.74) is 1.45. The molecule has 3 aromatic rings. The normalized spacial score (nSPS) is 11.4. The SMILES string of the molecule is O=S(=O)(c1ccc(Br)cc1)c1ccc(Br)c(-c2ccccn2)c1. The summed E-state index contributed by atoms with van der Waals surface area (Å²) < 4.78 is 27.2. The largest absolute Gasteiger partial charge is 0.256 e. The molecule has 0 atom stereocenters. The predicted molar refractivity (Wildman–Crippen MR) is 97.0 cm³/mol. The van der Waals surface area contributed by atoms with Crippen LogP contribution >= 0.6 is 31.9 Å². The van der Waals surface area contributed by atoms with Gasteiger partial charge in [0.15, 0.2) is 0 Å². The molecular formula is C17H11Br2NO2S. The van der Waals surface area contributed by atoms with Gasteiger partial charge >= 0.3 is 0 Å². The van der Waals surface area contributed by atoms with Crippen molar-refractivity contribution >= 4 is 41.7 Å². The van der Waals surface area contributed by atoms with Crippen LogP contribution in [0.5, 0.6) is 0 Å². The van der Waals surface area contributed by atoms with Crippen molar-refractivity contribution in [3.63, 3.8) is 0 Å². The number of hydrogen-bond donors (Lipinski definition) is 0. The number of pyridine rings is 1. The molecule has 0 aliphatic rings. The first-order valence-corrected chi connectivity index (χ1v) is 9.77. The number of rotatable bonds is 3. The highest BCUT2D eigenvalue weighted by atomic mass is 79.9. The van der Waals surface area contributed by atoms with Gasteiger partial charge in [0.2, 0.25) is 9.84 Å². The van der Waals surface area contributed by atoms with E-state index in [0.29, 0.717) is 5.69 Å². The molecule has 0 spiro atoms. The van der Waals surface area contributed by atoms with Crippen LogP contribution in [0.3, 0.4) is 0 Å². The molecule has 0 fully saturated rings. The molecule has 0 bridgehead atoms. The van der Waals surface area contributed by atoms with Gasteiger partial charge in [-0.25, -0.2) is 8.42 Å². The predicted octanol–water partition coefficient (Wildman–Crippen LogP) is 5.11. The Labute approximate surface area is 151 Å². The van der Waals surface area contributed by atoms with Gasteiger partial charge in [-0.3, -0.25) is 4.98 Å². The van der Waals surface area contributed by atoms with Crippen LogP contribution in [-0.2, 0) is 9.84 Å². The molecule has 6 heteroatoms. The number of hydrogen-bond acceptors (Lipinski definition) is 3. The highest BCUT2D eigenvalue weighted by molar-refractivity contribution is 9.10. The van der Waals surface area contributed by atoms with Crippen LogP contribution in [-0.4, -0.2) is 13.4 Å². The first kappa shape index (κ1) is 16.4. The van der Waals surface area contributed by atoms with Crippen LogP contribution in [0.25, 0.3) is 11.3 Å². The van der Waals surface area contributed by atoms with E-state index in [2.05, 4.69) is 36.8 Å². The van der Waals surface area contributed by atoms with Gasteiger partial charge in [-0.1, -0.05) is 37.9 Å². The Morgan fingerprint density at radius 3 is 2.17 bits per heavy atom. The van der Waals surface area contributed by atoms with Crippen molar-refractivity contribution in [1.29, 1.82) is 0 Å². The standard InChI is InChI=1S/C17H11Br2NO2S/c18-12-4-6-13(7-5-12)23(21,22)14-8-9-16(19)15(11-14)17-3-1-2-10-20-17/h1-11H. The highest BCUT2D eigenvalue weighted by Crippen LogP contribution is 2.31. The molecule has 0 saturated carbocycles. The van der Waals surface area contributed by atoms with Crippen LogP contribution in [0.4, 0.5) is 0 Å². The summed E-state index contributed by atoms with van der Waals surface area (Å²) in [4.78, 5) is 4.79. The lowest BCUT2D eigenvalue weighted by Gasteiger charge is -2.09. The summed E-state index contributed by atoms with van der Waals surface area (Å²) in [6, 6.07) is 17.1. The highest BCUT2D eigenvalue weighted by Gasteiger charge is 2.19. The topological polar surface area (TPSA) is 47.0 Å². The van der Waals surface area contributed by atoms with Crippen LogP contribution in [0.15, 0.2) is 85.6 Å². The first-order valence-electron chi connectivity index (χ1n) is 6.70. The Morgan fingerprint density at radius 1 is 0.826 bits per heavy atom. The Morgan fingerprint density at radius 2 is 1.52 bits per heavy atom. The molecule has 116 valence electrons. The lowest BCUT2D eigenvalue weighted by molar-refractivity contribution is 0.596. The van der Waals surface area contributed by atoms with Gasteiger partial charge in [0.05, 0.1) is 15.5 Å². The Bertz CT molecular complexity index is 940. The molecule has 23 heavy (non-hydrogen) atoms. The fourth-order valence-electron chi connectivity index (χ4n) is 2.14. The lowest BCUT2D eigenvalue weighted by Crippen LogP contribution is -2.02. The maximum absolute atomic E-state index is 12.8. The van der Waals surface area contributed by atoms with E-state index >= 15 is 0 Å². The fourth-order valence-corrected chi connectivity index (χ4v) is 4.14. The minimum absolute atomic E-state index is 0.240. The second-order valence-electron chi connectivity index (χ2n) is 4.81. The molecule has 0 aliphatic carbocycles. The molecule has 0 N–H and O–H groups in total. The van der Waals surface area contributed by atoms with E-state index in [0.717, 1.165) is 14.5 Å². The van der Waals surface area contributed by atoms with Gasteiger partial charge in [0.25, 0.3) is 0 Å². The van der Waals surface area contributed by atoms with Gasteiger partial charge in [0.1, 0.15) is 0 Å². The van der Waals surface area contributed by atoms with Crippen molar-refractivity contribution in [1.82, 2.24) is 4.98 Å². The molecule has 1 aromatic heterocycles. The average molecular weight is 453 g/mol. The van der Waals surface area contributed by atoms with E-state index in [1.165, 1.54) is 0 Å². The van der Waals surface area contributed by atoms with E-state index in [9.17, 15) is 8.42 Å². The summed E-state index contributed by atoms with van der Waals surface area (Å²) >= 11 is 6.77. The van der Waals surface area contributed by atoms with Crippen LogP contribution in [0.2, 0.25) is 0 Å². The third-order valence-electron chi connectivity index (χ3n) is 3.31. The first-order chi connectivity index (χ1) is 11.0. The van der Waals surface area contributed by atoms with Gasteiger partial charge in [-0.05, 0) is 54.6 Å². The summed E-state index contributed by atoms with van der Waals surface area (Å²) in [7, 11) is -3.57. The zero-order chi connectivity index (χ0) is 16.4. The van der Waals surface area contributed by atoms with Crippen LogP contribution in [0.1, 0.15) is 0 Å². The van der Waals surface area contributed by atoms with E-state index in [1.54, 1.807) is 48.7 Å². The third-order valence-corrected chi connectivity index (χ3v) is 6.30. The number of halogens is 2. The Kier molecular flexibility index (Phi) is 4.66. The van der Waals surface area contributed by atoms with E-state index in [4.69, 9.17) is 0 Å². The minimum Gasteiger partial charge on any atom is -0.256 e. The number of nitrogens with zero attached hydrogens (tertiary/aromatic N) is 1.